The maximum Gasteiger partial charge on any atom is 0.338 e. The predicted molar refractivity (Wildman–Crippen MR) is 68.9 cm³/mol. The molecule has 1 aromatic heterocycles. The second kappa shape index (κ2) is 5.66. The molecule has 0 aliphatic heterocycles. The van der Waals surface area contributed by atoms with Gasteiger partial charge in [0.2, 0.25) is 0 Å². The third kappa shape index (κ3) is 3.09. The summed E-state index contributed by atoms with van der Waals surface area (Å²) in [6.07, 6.45) is 1.07. The zero-order valence-corrected chi connectivity index (χ0v) is 10.8. The van der Waals surface area contributed by atoms with Crippen LogP contribution in [0.5, 0.6) is 0 Å². The molecular weight excluding hydrogens is 286 g/mol. The Morgan fingerprint density at radius 2 is 2.00 bits per heavy atom. The van der Waals surface area contributed by atoms with Crippen molar-refractivity contribution in [2.75, 3.05) is 0 Å². The van der Waals surface area contributed by atoms with Crippen LogP contribution in [-0.2, 0) is 16.6 Å². The molecule has 0 saturated heterocycles. The number of carbonyl (C=O) groups is 1. The molecule has 1 aromatic carbocycles. The number of furan rings is 1. The molecule has 0 spiro atoms. The maximum atomic E-state index is 12.0. The standard InChI is InChI=1S/C12H9NO6S/c14-12(15)8-5-10(19-6-8)7-20(18)11-3-1-9(2-4-11)13(16)17/h1-6H,7H2,(H,14,15). The molecule has 1 atom stereocenters. The quantitative estimate of drug-likeness (QED) is 0.668. The van der Waals surface area contributed by atoms with Gasteiger partial charge >= 0.3 is 5.97 Å². The molecule has 8 heteroatoms. The van der Waals surface area contributed by atoms with Gasteiger partial charge in [0.1, 0.15) is 12.0 Å². The number of nitro benzene ring substituents is 1. The van der Waals surface area contributed by atoms with Crippen molar-refractivity contribution >= 4 is 22.5 Å². The summed E-state index contributed by atoms with van der Waals surface area (Å²) in [6.45, 7) is 0. The molecule has 0 aliphatic rings. The lowest BCUT2D eigenvalue weighted by Gasteiger charge is -1.99. The predicted octanol–water partition coefficient (Wildman–Crippen LogP) is 2.19. The van der Waals surface area contributed by atoms with Gasteiger partial charge in [-0.15, -0.1) is 0 Å². The van der Waals surface area contributed by atoms with Gasteiger partial charge in [0.25, 0.3) is 5.69 Å². The molecule has 0 radical (unpaired) electrons. The summed E-state index contributed by atoms with van der Waals surface area (Å²) >= 11 is 0. The molecule has 0 saturated carbocycles. The van der Waals surface area contributed by atoms with E-state index in [0.29, 0.717) is 4.90 Å². The Bertz CT molecular complexity index is 676. The first kappa shape index (κ1) is 13.9. The van der Waals surface area contributed by atoms with E-state index in [1.54, 1.807) is 0 Å². The molecule has 0 bridgehead atoms. The molecule has 7 nitrogen and oxygen atoms in total. The molecule has 0 fully saturated rings. The van der Waals surface area contributed by atoms with E-state index in [-0.39, 0.29) is 22.8 Å². The van der Waals surface area contributed by atoms with E-state index in [4.69, 9.17) is 9.52 Å². The Labute approximate surface area is 115 Å². The Balaban J connectivity index is 2.11. The van der Waals surface area contributed by atoms with Crippen LogP contribution in [0.3, 0.4) is 0 Å². The van der Waals surface area contributed by atoms with Crippen molar-refractivity contribution in [1.29, 1.82) is 0 Å². The van der Waals surface area contributed by atoms with E-state index in [0.717, 1.165) is 6.26 Å². The van der Waals surface area contributed by atoms with Crippen LogP contribution in [0.4, 0.5) is 5.69 Å². The molecule has 0 amide bonds. The van der Waals surface area contributed by atoms with Crippen molar-refractivity contribution in [2.24, 2.45) is 0 Å². The second-order valence-electron chi connectivity index (χ2n) is 3.85. The number of hydrogen-bond donors (Lipinski definition) is 1. The Morgan fingerprint density at radius 1 is 1.35 bits per heavy atom. The highest BCUT2D eigenvalue weighted by atomic mass is 32.2. The fraction of sp³-hybridized carbons (Fsp3) is 0.0833. The number of rotatable bonds is 5. The molecule has 2 rings (SSSR count). The minimum atomic E-state index is -1.47. The van der Waals surface area contributed by atoms with Crippen LogP contribution in [0.2, 0.25) is 0 Å². The Hall–Kier alpha value is -2.48. The summed E-state index contributed by atoms with van der Waals surface area (Å²) in [5.41, 5.74) is -0.0994. The lowest BCUT2D eigenvalue weighted by Crippen LogP contribution is -1.97. The normalized spacial score (nSPS) is 12.0. The first-order valence-electron chi connectivity index (χ1n) is 5.41. The number of hydrogen-bond acceptors (Lipinski definition) is 5. The van der Waals surface area contributed by atoms with E-state index in [9.17, 15) is 19.1 Å². The van der Waals surface area contributed by atoms with E-state index in [1.165, 1.54) is 30.3 Å². The van der Waals surface area contributed by atoms with E-state index >= 15 is 0 Å². The summed E-state index contributed by atoms with van der Waals surface area (Å²) in [5, 5.41) is 19.2. The largest absolute Gasteiger partial charge is 0.478 e. The highest BCUT2D eigenvalue weighted by Gasteiger charge is 2.13. The lowest BCUT2D eigenvalue weighted by molar-refractivity contribution is -0.384. The van der Waals surface area contributed by atoms with Crippen LogP contribution in [0, 0.1) is 10.1 Å². The summed E-state index contributed by atoms with van der Waals surface area (Å²) in [4.78, 5) is 21.0. The number of nitro groups is 1. The topological polar surface area (TPSA) is 111 Å². The minimum Gasteiger partial charge on any atom is -0.478 e. The van der Waals surface area contributed by atoms with Gasteiger partial charge in [0.15, 0.2) is 0 Å². The first-order chi connectivity index (χ1) is 9.47. The van der Waals surface area contributed by atoms with Crippen molar-refractivity contribution in [3.8, 4) is 0 Å². The van der Waals surface area contributed by atoms with E-state index in [2.05, 4.69) is 0 Å². The number of aromatic carboxylic acids is 1. The third-order valence-electron chi connectivity index (χ3n) is 2.48. The molecular formula is C12H9NO6S. The monoisotopic (exact) mass is 295 g/mol. The van der Waals surface area contributed by atoms with Crippen LogP contribution < -0.4 is 0 Å². The van der Waals surface area contributed by atoms with Gasteiger partial charge in [0.05, 0.1) is 27.0 Å². The Morgan fingerprint density at radius 3 is 2.50 bits per heavy atom. The van der Waals surface area contributed by atoms with Gasteiger partial charge in [-0.05, 0) is 18.2 Å². The molecule has 2 aromatic rings. The Kier molecular flexibility index (Phi) is 3.94. The van der Waals surface area contributed by atoms with E-state index in [1.807, 2.05) is 0 Å². The smallest absolute Gasteiger partial charge is 0.338 e. The summed E-state index contributed by atoms with van der Waals surface area (Å²) < 4.78 is 17.0. The average molecular weight is 295 g/mol. The summed E-state index contributed by atoms with van der Waals surface area (Å²) in [7, 11) is -1.47. The van der Waals surface area contributed by atoms with Crippen molar-refractivity contribution < 1.29 is 23.5 Å². The van der Waals surface area contributed by atoms with Crippen molar-refractivity contribution in [1.82, 2.24) is 0 Å². The van der Waals surface area contributed by atoms with Gasteiger partial charge in [-0.2, -0.15) is 0 Å². The zero-order chi connectivity index (χ0) is 14.7. The number of benzene rings is 1. The van der Waals surface area contributed by atoms with Gasteiger partial charge in [-0.3, -0.25) is 14.3 Å². The average Bonchev–Trinajstić information content (AvgIpc) is 2.87. The maximum absolute atomic E-state index is 12.0. The molecule has 1 N–H and O–H groups in total. The number of nitrogens with zero attached hydrogens (tertiary/aromatic N) is 1. The molecule has 0 aliphatic carbocycles. The molecule has 1 unspecified atom stereocenters. The first-order valence-corrected chi connectivity index (χ1v) is 6.73. The number of non-ortho nitro benzene ring substituents is 1. The van der Waals surface area contributed by atoms with Crippen molar-refractivity contribution in [3.05, 3.63) is 58.0 Å². The van der Waals surface area contributed by atoms with Gasteiger partial charge in [-0.25, -0.2) is 4.79 Å². The van der Waals surface area contributed by atoms with Gasteiger partial charge in [-0.1, -0.05) is 0 Å². The zero-order valence-electron chi connectivity index (χ0n) is 10.0. The van der Waals surface area contributed by atoms with Crippen LogP contribution in [0.25, 0.3) is 0 Å². The fourth-order valence-corrected chi connectivity index (χ4v) is 2.52. The molecule has 1 heterocycles. The SMILES string of the molecule is O=C(O)c1coc(CS(=O)c2ccc([N+](=O)[O-])cc2)c1. The van der Waals surface area contributed by atoms with Gasteiger partial charge in [0, 0.05) is 17.0 Å². The summed E-state index contributed by atoms with van der Waals surface area (Å²) in [6, 6.07) is 6.62. The lowest BCUT2D eigenvalue weighted by atomic mass is 10.3. The molecule has 20 heavy (non-hydrogen) atoms. The van der Waals surface area contributed by atoms with Crippen molar-refractivity contribution in [2.45, 2.75) is 10.6 Å². The highest BCUT2D eigenvalue weighted by Crippen LogP contribution is 2.18. The third-order valence-corrected chi connectivity index (χ3v) is 3.83. The van der Waals surface area contributed by atoms with Gasteiger partial charge < -0.3 is 9.52 Å². The number of carboxylic acid groups (broad SMARTS) is 1. The number of carboxylic acids is 1. The second-order valence-corrected chi connectivity index (χ2v) is 5.30. The minimum absolute atomic E-state index is 0.00505. The molecule has 104 valence electrons. The summed E-state index contributed by atoms with van der Waals surface area (Å²) in [5.74, 6) is -0.842. The van der Waals surface area contributed by atoms with Crippen LogP contribution >= 0.6 is 0 Å². The van der Waals surface area contributed by atoms with E-state index < -0.39 is 21.7 Å². The van der Waals surface area contributed by atoms with Crippen molar-refractivity contribution in [3.63, 3.8) is 0 Å². The van der Waals surface area contributed by atoms with Crippen LogP contribution in [0.1, 0.15) is 16.1 Å². The van der Waals surface area contributed by atoms with Crippen LogP contribution in [-0.4, -0.2) is 20.2 Å². The fourth-order valence-electron chi connectivity index (χ4n) is 1.50. The van der Waals surface area contributed by atoms with Crippen LogP contribution in [0.15, 0.2) is 45.9 Å². The highest BCUT2D eigenvalue weighted by molar-refractivity contribution is 7.84.